The summed E-state index contributed by atoms with van der Waals surface area (Å²) in [6.45, 7) is 5.03. The molecule has 42 heavy (non-hydrogen) atoms. The maximum Gasteiger partial charge on any atom is 0.320 e. The Labute approximate surface area is 242 Å². The highest BCUT2D eigenvalue weighted by Gasteiger charge is 2.49. The van der Waals surface area contributed by atoms with Crippen molar-refractivity contribution in [3.63, 3.8) is 0 Å². The topological polar surface area (TPSA) is 91.6 Å². The molecule has 220 valence electrons. The van der Waals surface area contributed by atoms with Crippen molar-refractivity contribution in [3.8, 4) is 23.1 Å². The summed E-state index contributed by atoms with van der Waals surface area (Å²) < 4.78 is 37.4. The molecule has 4 aliphatic rings. The minimum absolute atomic E-state index is 0.0766. The van der Waals surface area contributed by atoms with Crippen LogP contribution in [-0.2, 0) is 7.05 Å². The second-order valence-corrected chi connectivity index (χ2v) is 12.7. The van der Waals surface area contributed by atoms with Crippen LogP contribution in [0.1, 0.15) is 37.7 Å². The molecule has 0 saturated carbocycles. The Morgan fingerprint density at radius 1 is 1.12 bits per heavy atom. The molecule has 9 nitrogen and oxygen atoms in total. The molecule has 4 atom stereocenters. The molecule has 3 unspecified atom stereocenters. The molecule has 2 aromatic heterocycles. The van der Waals surface area contributed by atoms with Crippen molar-refractivity contribution in [2.75, 3.05) is 37.7 Å². The number of fused-ring (bicyclic) bond motifs is 5. The van der Waals surface area contributed by atoms with Crippen LogP contribution in [0.5, 0.6) is 11.8 Å². The molecule has 0 radical (unpaired) electrons. The van der Waals surface area contributed by atoms with Gasteiger partial charge in [-0.3, -0.25) is 4.90 Å². The van der Waals surface area contributed by atoms with Gasteiger partial charge in [0.15, 0.2) is 17.0 Å². The third-order valence-corrected chi connectivity index (χ3v) is 9.96. The number of phenols is 1. The Balaban J connectivity index is 1.26. The van der Waals surface area contributed by atoms with Gasteiger partial charge in [0, 0.05) is 50.7 Å². The number of aromatic nitrogens is 4. The lowest BCUT2D eigenvalue weighted by molar-refractivity contribution is 0.107. The Bertz CT molecular complexity index is 1720. The van der Waals surface area contributed by atoms with E-state index < -0.39 is 6.17 Å². The number of nitrogens with zero attached hydrogens (tertiary/aromatic N) is 6. The molecule has 8 rings (SSSR count). The first-order valence-corrected chi connectivity index (χ1v) is 15.0. The fraction of sp³-hybridized carbons (Fsp3) is 0.516. The molecule has 2 aromatic carbocycles. The maximum absolute atomic E-state index is 14.8. The van der Waals surface area contributed by atoms with Crippen LogP contribution in [0.2, 0.25) is 0 Å². The van der Waals surface area contributed by atoms with Crippen molar-refractivity contribution in [1.29, 1.82) is 0 Å². The number of aromatic hydroxyl groups is 1. The van der Waals surface area contributed by atoms with Crippen molar-refractivity contribution in [2.45, 2.75) is 62.8 Å². The van der Waals surface area contributed by atoms with Gasteiger partial charge in [-0.25, -0.2) is 13.8 Å². The number of phenolic OH excluding ortho intramolecular Hbond substituents is 1. The van der Waals surface area contributed by atoms with Gasteiger partial charge in [-0.05, 0) is 73.7 Å². The monoisotopic (exact) mass is 575 g/mol. The standard InChI is InChI=1S/C31H35F2N7O2/c1-17-24(33)7-4-18-10-22(41)11-23(25(17)18)27-35-26-28(38(27)2)36-30(37-29(26)39-14-20-5-6-21(15-39)34-20)42-16-31-8-3-9-40(31)13-19(32)12-31/h4,7,10-11,19-21,34,41H,3,5-6,8-9,12-16H2,1-2H3/t19?,20?,21?,31-/m0/s1. The number of ether oxygens (including phenoxy) is 1. The van der Waals surface area contributed by atoms with Crippen molar-refractivity contribution in [1.82, 2.24) is 29.7 Å². The molecule has 2 N–H and O–H groups in total. The molecular formula is C31H35F2N7O2. The van der Waals surface area contributed by atoms with E-state index in [9.17, 15) is 13.9 Å². The minimum atomic E-state index is -0.839. The first-order chi connectivity index (χ1) is 20.3. The summed E-state index contributed by atoms with van der Waals surface area (Å²) in [5.74, 6) is 1.02. The first-order valence-electron chi connectivity index (χ1n) is 15.0. The lowest BCUT2D eigenvalue weighted by atomic mass is 9.95. The van der Waals surface area contributed by atoms with Gasteiger partial charge in [0.05, 0.1) is 5.54 Å². The lowest BCUT2D eigenvalue weighted by Crippen LogP contribution is -2.51. The van der Waals surface area contributed by atoms with Crippen LogP contribution in [-0.4, -0.2) is 86.1 Å². The number of aryl methyl sites for hydroxylation is 2. The molecule has 4 fully saturated rings. The van der Waals surface area contributed by atoms with Crippen molar-refractivity contribution in [3.05, 3.63) is 35.6 Å². The van der Waals surface area contributed by atoms with Gasteiger partial charge in [-0.1, -0.05) is 6.07 Å². The average molecular weight is 576 g/mol. The number of rotatable bonds is 5. The summed E-state index contributed by atoms with van der Waals surface area (Å²) in [4.78, 5) is 19.3. The summed E-state index contributed by atoms with van der Waals surface area (Å²) >= 11 is 0. The number of hydrogen-bond donors (Lipinski definition) is 2. The number of alkyl halides is 1. The van der Waals surface area contributed by atoms with Gasteiger partial charge in [0.1, 0.15) is 30.2 Å². The largest absolute Gasteiger partial charge is 0.508 e. The summed E-state index contributed by atoms with van der Waals surface area (Å²) in [6.07, 6.45) is 3.81. The molecule has 2 bridgehead atoms. The van der Waals surface area contributed by atoms with Crippen LogP contribution < -0.4 is 15.0 Å². The zero-order valence-electron chi connectivity index (χ0n) is 23.9. The SMILES string of the molecule is Cc1c(F)ccc2cc(O)cc(-c3nc4c(N5CC6CCC(C5)N6)nc(OC[C@@]56CCCN5CC(F)C6)nc4n3C)c12. The number of imidazole rings is 1. The van der Waals surface area contributed by atoms with Crippen LogP contribution in [0.4, 0.5) is 14.6 Å². The van der Waals surface area contributed by atoms with E-state index in [0.29, 0.717) is 71.0 Å². The normalized spacial score (nSPS) is 27.4. The van der Waals surface area contributed by atoms with E-state index in [1.54, 1.807) is 25.1 Å². The smallest absolute Gasteiger partial charge is 0.320 e. The van der Waals surface area contributed by atoms with Crippen molar-refractivity contribution in [2.24, 2.45) is 7.05 Å². The van der Waals surface area contributed by atoms with Crippen molar-refractivity contribution < 1.29 is 18.6 Å². The molecular weight excluding hydrogens is 540 g/mol. The van der Waals surface area contributed by atoms with Crippen LogP contribution in [0, 0.1) is 12.7 Å². The highest BCUT2D eigenvalue weighted by Crippen LogP contribution is 2.41. The van der Waals surface area contributed by atoms with Crippen LogP contribution in [0.3, 0.4) is 0 Å². The molecule has 0 aliphatic carbocycles. The molecule has 11 heteroatoms. The van der Waals surface area contributed by atoms with Crippen LogP contribution in [0.25, 0.3) is 33.3 Å². The van der Waals surface area contributed by atoms with Gasteiger partial charge in [0.25, 0.3) is 0 Å². The number of nitrogens with one attached hydrogen (secondary N) is 1. The van der Waals surface area contributed by atoms with E-state index in [0.717, 1.165) is 50.7 Å². The van der Waals surface area contributed by atoms with E-state index in [-0.39, 0.29) is 23.1 Å². The van der Waals surface area contributed by atoms with Crippen molar-refractivity contribution >= 4 is 27.8 Å². The second kappa shape index (κ2) is 9.47. The Morgan fingerprint density at radius 3 is 2.74 bits per heavy atom. The number of benzene rings is 2. The molecule has 4 aromatic rings. The minimum Gasteiger partial charge on any atom is -0.508 e. The van der Waals surface area contributed by atoms with Crippen LogP contribution in [0.15, 0.2) is 24.3 Å². The number of hydrogen-bond acceptors (Lipinski definition) is 8. The molecule has 0 spiro atoms. The Morgan fingerprint density at radius 2 is 1.93 bits per heavy atom. The summed E-state index contributed by atoms with van der Waals surface area (Å²) in [6, 6.07) is 7.38. The van der Waals surface area contributed by atoms with E-state index in [2.05, 4.69) is 15.1 Å². The Kier molecular flexibility index (Phi) is 5.88. The highest BCUT2D eigenvalue weighted by molar-refractivity contribution is 6.00. The second-order valence-electron chi connectivity index (χ2n) is 12.7. The highest BCUT2D eigenvalue weighted by atomic mass is 19.1. The first kappa shape index (κ1) is 26.1. The maximum atomic E-state index is 14.8. The number of halogens is 2. The van der Waals surface area contributed by atoms with Crippen LogP contribution >= 0.6 is 0 Å². The molecule has 6 heterocycles. The number of anilines is 1. The zero-order chi connectivity index (χ0) is 28.7. The molecule has 4 saturated heterocycles. The predicted molar refractivity (Wildman–Crippen MR) is 156 cm³/mol. The van der Waals surface area contributed by atoms with Gasteiger partial charge >= 0.3 is 6.01 Å². The van der Waals surface area contributed by atoms with E-state index in [1.807, 2.05) is 11.6 Å². The Hall–Kier alpha value is -3.57. The van der Waals surface area contributed by atoms with E-state index in [1.165, 1.54) is 6.07 Å². The number of piperazine rings is 1. The third kappa shape index (κ3) is 4.04. The van der Waals surface area contributed by atoms with Gasteiger partial charge < -0.3 is 24.6 Å². The van der Waals surface area contributed by atoms with E-state index in [4.69, 9.17) is 19.7 Å². The third-order valence-electron chi connectivity index (χ3n) is 9.96. The summed E-state index contributed by atoms with van der Waals surface area (Å²) in [5.41, 5.74) is 2.03. The zero-order valence-corrected chi connectivity index (χ0v) is 23.9. The molecule has 4 aliphatic heterocycles. The van der Waals surface area contributed by atoms with Gasteiger partial charge in [-0.2, -0.15) is 9.97 Å². The van der Waals surface area contributed by atoms with Gasteiger partial charge in [-0.15, -0.1) is 0 Å². The molecule has 0 amide bonds. The lowest BCUT2D eigenvalue weighted by Gasteiger charge is -2.34. The predicted octanol–water partition coefficient (Wildman–Crippen LogP) is 4.23. The van der Waals surface area contributed by atoms with Gasteiger partial charge in [0.2, 0.25) is 0 Å². The summed E-state index contributed by atoms with van der Waals surface area (Å²) in [7, 11) is 1.87. The van der Waals surface area contributed by atoms with E-state index >= 15 is 0 Å². The summed E-state index contributed by atoms with van der Waals surface area (Å²) in [5, 5.41) is 15.7. The quantitative estimate of drug-likeness (QED) is 0.366. The fourth-order valence-electron chi connectivity index (χ4n) is 7.95. The fourth-order valence-corrected chi connectivity index (χ4v) is 7.95. The average Bonchev–Trinajstić information content (AvgIpc) is 3.69.